The predicted octanol–water partition coefficient (Wildman–Crippen LogP) is 2.73. The van der Waals surface area contributed by atoms with E-state index < -0.39 is 25.1 Å². The van der Waals surface area contributed by atoms with Crippen molar-refractivity contribution in [2.45, 2.75) is 6.61 Å². The van der Waals surface area contributed by atoms with E-state index >= 15 is 0 Å². The summed E-state index contributed by atoms with van der Waals surface area (Å²) in [6, 6.07) is 10.9. The number of benzene rings is 1. The van der Waals surface area contributed by atoms with Crippen molar-refractivity contribution in [3.8, 4) is 5.75 Å². The van der Waals surface area contributed by atoms with E-state index in [0.717, 1.165) is 0 Å². The Bertz CT molecular complexity index is 909. The first-order valence-corrected chi connectivity index (χ1v) is 7.47. The van der Waals surface area contributed by atoms with Gasteiger partial charge in [0.25, 0.3) is 5.91 Å². The topological polar surface area (TPSA) is 81.9 Å². The average Bonchev–Trinajstić information content (AvgIpc) is 3.05. The number of halogens is 2. The normalized spacial score (nSPS) is 10.7. The lowest BCUT2D eigenvalue weighted by Crippen LogP contribution is -2.21. The van der Waals surface area contributed by atoms with Gasteiger partial charge in [-0.05, 0) is 24.3 Å². The molecular formula is C17H13F2N3O4. The van der Waals surface area contributed by atoms with Crippen molar-refractivity contribution in [2.24, 2.45) is 0 Å². The molecule has 26 heavy (non-hydrogen) atoms. The van der Waals surface area contributed by atoms with Crippen LogP contribution < -0.4 is 10.1 Å². The molecule has 2 heterocycles. The van der Waals surface area contributed by atoms with Gasteiger partial charge in [0.15, 0.2) is 12.3 Å². The monoisotopic (exact) mass is 361 g/mol. The van der Waals surface area contributed by atoms with E-state index in [1.807, 2.05) is 0 Å². The van der Waals surface area contributed by atoms with Gasteiger partial charge in [-0.15, -0.1) is 0 Å². The first kappa shape index (κ1) is 17.3. The minimum absolute atomic E-state index is 0.0431. The van der Waals surface area contributed by atoms with Crippen molar-refractivity contribution in [3.63, 3.8) is 0 Å². The van der Waals surface area contributed by atoms with Crippen LogP contribution in [0.25, 0.3) is 5.65 Å². The fourth-order valence-electron chi connectivity index (χ4n) is 2.19. The summed E-state index contributed by atoms with van der Waals surface area (Å²) in [5, 5.41) is 2.35. The Kier molecular flexibility index (Phi) is 5.07. The molecule has 1 amide bonds. The number of hydrogen-bond acceptors (Lipinski definition) is 5. The summed E-state index contributed by atoms with van der Waals surface area (Å²) in [4.78, 5) is 28.0. The first-order chi connectivity index (χ1) is 12.5. The van der Waals surface area contributed by atoms with Gasteiger partial charge in [0, 0.05) is 12.4 Å². The third-order valence-electron chi connectivity index (χ3n) is 3.28. The molecule has 2 aromatic heterocycles. The Morgan fingerprint density at radius 1 is 1.15 bits per heavy atom. The number of pyridine rings is 1. The quantitative estimate of drug-likeness (QED) is 0.683. The summed E-state index contributed by atoms with van der Waals surface area (Å²) in [7, 11) is 0. The molecule has 0 fully saturated rings. The molecule has 0 aliphatic rings. The molecule has 1 N–H and O–H groups in total. The van der Waals surface area contributed by atoms with Crippen molar-refractivity contribution < 1.29 is 27.8 Å². The highest BCUT2D eigenvalue weighted by atomic mass is 19.3. The lowest BCUT2D eigenvalue weighted by atomic mass is 10.3. The number of carbonyl (C=O) groups excluding carboxylic acids is 2. The largest absolute Gasteiger partial charge is 0.451 e. The number of imidazole rings is 1. The molecule has 7 nitrogen and oxygen atoms in total. The second-order valence-electron chi connectivity index (χ2n) is 5.09. The molecule has 0 saturated heterocycles. The van der Waals surface area contributed by atoms with Gasteiger partial charge < -0.3 is 19.2 Å². The van der Waals surface area contributed by atoms with Gasteiger partial charge in [-0.2, -0.15) is 8.78 Å². The Hall–Kier alpha value is -3.49. The summed E-state index contributed by atoms with van der Waals surface area (Å²) in [6.07, 6.45) is 3.19. The molecule has 0 unspecified atom stereocenters. The lowest BCUT2D eigenvalue weighted by molar-refractivity contribution is -0.119. The van der Waals surface area contributed by atoms with Crippen molar-refractivity contribution in [1.29, 1.82) is 0 Å². The number of ether oxygens (including phenoxy) is 2. The van der Waals surface area contributed by atoms with Crippen LogP contribution in [0.3, 0.4) is 0 Å². The Morgan fingerprint density at radius 3 is 2.69 bits per heavy atom. The van der Waals surface area contributed by atoms with E-state index in [4.69, 9.17) is 4.74 Å². The SMILES string of the molecule is O=C(COC(=O)c1cn2ccccc2n1)Nc1ccccc1OC(F)F. The second-order valence-corrected chi connectivity index (χ2v) is 5.09. The molecular weight excluding hydrogens is 348 g/mol. The van der Waals surface area contributed by atoms with Crippen LogP contribution in [0.5, 0.6) is 5.75 Å². The number of hydrogen-bond donors (Lipinski definition) is 1. The average molecular weight is 361 g/mol. The van der Waals surface area contributed by atoms with Crippen LogP contribution in [0, 0.1) is 0 Å². The van der Waals surface area contributed by atoms with Gasteiger partial charge >= 0.3 is 12.6 Å². The van der Waals surface area contributed by atoms with E-state index in [9.17, 15) is 18.4 Å². The molecule has 9 heteroatoms. The number of para-hydroxylation sites is 2. The Morgan fingerprint density at radius 2 is 1.92 bits per heavy atom. The molecule has 1 aromatic carbocycles. The van der Waals surface area contributed by atoms with E-state index in [1.54, 1.807) is 28.8 Å². The Labute approximate surface area is 146 Å². The van der Waals surface area contributed by atoms with Gasteiger partial charge in [-0.1, -0.05) is 18.2 Å². The van der Waals surface area contributed by atoms with Crippen LogP contribution >= 0.6 is 0 Å². The molecule has 0 aliphatic carbocycles. The maximum absolute atomic E-state index is 12.4. The van der Waals surface area contributed by atoms with Gasteiger partial charge in [0.1, 0.15) is 11.4 Å². The number of nitrogens with one attached hydrogen (secondary N) is 1. The highest BCUT2D eigenvalue weighted by Gasteiger charge is 2.16. The highest BCUT2D eigenvalue weighted by Crippen LogP contribution is 2.25. The van der Waals surface area contributed by atoms with Gasteiger partial charge in [-0.3, -0.25) is 4.79 Å². The van der Waals surface area contributed by atoms with Crippen LogP contribution in [0.4, 0.5) is 14.5 Å². The lowest BCUT2D eigenvalue weighted by Gasteiger charge is -2.11. The number of alkyl halides is 2. The Balaban J connectivity index is 1.59. The molecule has 0 atom stereocenters. The summed E-state index contributed by atoms with van der Waals surface area (Å²) in [6.45, 7) is -3.63. The van der Waals surface area contributed by atoms with Crippen LogP contribution in [-0.4, -0.2) is 34.5 Å². The maximum atomic E-state index is 12.4. The first-order valence-electron chi connectivity index (χ1n) is 7.47. The van der Waals surface area contributed by atoms with E-state index in [2.05, 4.69) is 15.0 Å². The molecule has 0 spiro atoms. The minimum Gasteiger partial charge on any atom is -0.451 e. The van der Waals surface area contributed by atoms with Crippen LogP contribution in [0.1, 0.15) is 10.5 Å². The molecule has 134 valence electrons. The number of esters is 1. The number of fused-ring (bicyclic) bond motifs is 1. The third kappa shape index (κ3) is 4.12. The third-order valence-corrected chi connectivity index (χ3v) is 3.28. The van der Waals surface area contributed by atoms with Crippen LogP contribution in [0.2, 0.25) is 0 Å². The fourth-order valence-corrected chi connectivity index (χ4v) is 2.19. The molecule has 3 aromatic rings. The standard InChI is InChI=1S/C17H13F2N3O4/c18-17(19)26-13-6-2-1-5-11(13)21-15(23)10-25-16(24)12-9-22-8-4-3-7-14(22)20-12/h1-9,17H,10H2,(H,21,23). The summed E-state index contributed by atoms with van der Waals surface area (Å²) >= 11 is 0. The van der Waals surface area contributed by atoms with Crippen LogP contribution in [-0.2, 0) is 9.53 Å². The highest BCUT2D eigenvalue weighted by molar-refractivity contribution is 5.95. The smallest absolute Gasteiger partial charge is 0.387 e. The maximum Gasteiger partial charge on any atom is 0.387 e. The molecule has 0 radical (unpaired) electrons. The summed E-state index contributed by atoms with van der Waals surface area (Å²) in [5.74, 6) is -1.67. The van der Waals surface area contributed by atoms with E-state index in [-0.39, 0.29) is 17.1 Å². The zero-order chi connectivity index (χ0) is 18.5. The second kappa shape index (κ2) is 7.60. The van der Waals surface area contributed by atoms with Crippen molar-refractivity contribution in [1.82, 2.24) is 9.38 Å². The van der Waals surface area contributed by atoms with Gasteiger partial charge in [0.2, 0.25) is 0 Å². The number of nitrogens with zero attached hydrogens (tertiary/aromatic N) is 2. The number of amides is 1. The number of carbonyl (C=O) groups is 2. The fraction of sp³-hybridized carbons (Fsp3) is 0.118. The zero-order valence-electron chi connectivity index (χ0n) is 13.3. The molecule has 3 rings (SSSR count). The van der Waals surface area contributed by atoms with Gasteiger partial charge in [-0.25, -0.2) is 9.78 Å². The van der Waals surface area contributed by atoms with Gasteiger partial charge in [0.05, 0.1) is 5.69 Å². The summed E-state index contributed by atoms with van der Waals surface area (Å²) in [5.41, 5.74) is 0.647. The molecule has 0 saturated carbocycles. The predicted molar refractivity (Wildman–Crippen MR) is 87.2 cm³/mol. The minimum atomic E-state index is -3.03. The molecule has 0 bridgehead atoms. The van der Waals surface area contributed by atoms with Crippen molar-refractivity contribution in [3.05, 3.63) is 60.6 Å². The number of rotatable bonds is 6. The zero-order valence-corrected chi connectivity index (χ0v) is 13.3. The number of aromatic nitrogens is 2. The van der Waals surface area contributed by atoms with Crippen molar-refractivity contribution in [2.75, 3.05) is 11.9 Å². The van der Waals surface area contributed by atoms with Crippen LogP contribution in [0.15, 0.2) is 54.9 Å². The van der Waals surface area contributed by atoms with E-state index in [0.29, 0.717) is 5.65 Å². The molecule has 0 aliphatic heterocycles. The summed E-state index contributed by atoms with van der Waals surface area (Å²) < 4.78 is 35.5. The van der Waals surface area contributed by atoms with Crippen molar-refractivity contribution >= 4 is 23.2 Å². The number of anilines is 1. The van der Waals surface area contributed by atoms with E-state index in [1.165, 1.54) is 30.5 Å².